The number of hydrogen-bond donors (Lipinski definition) is 2. The van der Waals surface area contributed by atoms with Gasteiger partial charge in [0.15, 0.2) is 12.4 Å². The Morgan fingerprint density at radius 1 is 1.11 bits per heavy atom. The van der Waals surface area contributed by atoms with Crippen LogP contribution in [0.1, 0.15) is 20.7 Å². The van der Waals surface area contributed by atoms with E-state index in [-0.39, 0.29) is 16.9 Å². The minimum absolute atomic E-state index is 0.0250. The fraction of sp³-hybridized carbons (Fsp3) is 0.118. The molecule has 0 spiro atoms. The van der Waals surface area contributed by atoms with Gasteiger partial charge in [0.1, 0.15) is 0 Å². The molecule has 0 bridgehead atoms. The van der Waals surface area contributed by atoms with Crippen molar-refractivity contribution < 1.29 is 28.8 Å². The van der Waals surface area contributed by atoms with Crippen LogP contribution in [0.4, 0.5) is 5.69 Å². The number of hydrogen-bond acceptors (Lipinski definition) is 7. The van der Waals surface area contributed by atoms with E-state index in [4.69, 9.17) is 21.1 Å². The van der Waals surface area contributed by atoms with Crippen molar-refractivity contribution in [1.29, 1.82) is 0 Å². The van der Waals surface area contributed by atoms with Crippen LogP contribution in [0.5, 0.6) is 5.75 Å². The minimum Gasteiger partial charge on any atom is -0.490 e. The van der Waals surface area contributed by atoms with Gasteiger partial charge in [-0.3, -0.25) is 30.6 Å². The molecule has 2 amide bonds. The molecule has 146 valence electrons. The summed E-state index contributed by atoms with van der Waals surface area (Å²) in [5.41, 5.74) is 3.86. The van der Waals surface area contributed by atoms with E-state index >= 15 is 0 Å². The van der Waals surface area contributed by atoms with Crippen LogP contribution in [0.15, 0.2) is 42.5 Å². The Morgan fingerprint density at radius 3 is 2.50 bits per heavy atom. The second kappa shape index (κ2) is 9.33. The van der Waals surface area contributed by atoms with Gasteiger partial charge in [0, 0.05) is 16.7 Å². The highest BCUT2D eigenvalue weighted by Gasteiger charge is 2.19. The van der Waals surface area contributed by atoms with E-state index in [1.807, 2.05) is 0 Å². The number of esters is 1. The lowest BCUT2D eigenvalue weighted by atomic mass is 10.2. The molecule has 0 saturated carbocycles. The maximum absolute atomic E-state index is 12.0. The van der Waals surface area contributed by atoms with Gasteiger partial charge in [-0.15, -0.1) is 0 Å². The number of hydrazine groups is 1. The third kappa shape index (κ3) is 5.42. The summed E-state index contributed by atoms with van der Waals surface area (Å²) >= 11 is 5.77. The number of carbonyl (C=O) groups excluding carboxylic acids is 3. The van der Waals surface area contributed by atoms with Crippen LogP contribution in [-0.4, -0.2) is 36.4 Å². The van der Waals surface area contributed by atoms with E-state index in [1.165, 1.54) is 31.4 Å². The Hall–Kier alpha value is -3.66. The number of methoxy groups -OCH3 is 1. The molecule has 0 atom stereocenters. The summed E-state index contributed by atoms with van der Waals surface area (Å²) in [5.74, 6) is -2.41. The molecule has 0 aliphatic rings. The number of rotatable bonds is 6. The number of nitrogens with zero attached hydrogens (tertiary/aromatic N) is 1. The van der Waals surface area contributed by atoms with Gasteiger partial charge < -0.3 is 9.47 Å². The number of halogens is 1. The number of benzene rings is 2. The van der Waals surface area contributed by atoms with Gasteiger partial charge in [-0.1, -0.05) is 17.7 Å². The quantitative estimate of drug-likeness (QED) is 0.423. The number of ether oxygens (including phenoxy) is 2. The highest BCUT2D eigenvalue weighted by molar-refractivity contribution is 6.30. The summed E-state index contributed by atoms with van der Waals surface area (Å²) < 4.78 is 9.60. The van der Waals surface area contributed by atoms with Gasteiger partial charge in [0.25, 0.3) is 11.8 Å². The van der Waals surface area contributed by atoms with Crippen molar-refractivity contribution >= 4 is 35.1 Å². The molecule has 2 rings (SSSR count). The maximum Gasteiger partial charge on any atom is 0.338 e. The van der Waals surface area contributed by atoms with Crippen LogP contribution in [0.2, 0.25) is 5.02 Å². The highest BCUT2D eigenvalue weighted by atomic mass is 35.5. The molecule has 0 aromatic heterocycles. The maximum atomic E-state index is 12.0. The van der Waals surface area contributed by atoms with Crippen molar-refractivity contribution in [3.63, 3.8) is 0 Å². The fourth-order valence-corrected chi connectivity index (χ4v) is 2.23. The van der Waals surface area contributed by atoms with Crippen molar-refractivity contribution in [2.45, 2.75) is 0 Å². The Morgan fingerprint density at radius 2 is 1.86 bits per heavy atom. The van der Waals surface area contributed by atoms with E-state index in [9.17, 15) is 24.5 Å². The highest BCUT2D eigenvalue weighted by Crippen LogP contribution is 2.27. The summed E-state index contributed by atoms with van der Waals surface area (Å²) in [6, 6.07) is 9.51. The minimum atomic E-state index is -0.956. The predicted molar refractivity (Wildman–Crippen MR) is 97.0 cm³/mol. The van der Waals surface area contributed by atoms with Crippen LogP contribution in [0.3, 0.4) is 0 Å². The molecule has 28 heavy (non-hydrogen) atoms. The molecule has 0 saturated heterocycles. The molecule has 2 aromatic carbocycles. The summed E-state index contributed by atoms with van der Waals surface area (Å²) in [5, 5.41) is 11.3. The predicted octanol–water partition coefficient (Wildman–Crippen LogP) is 1.87. The second-order valence-corrected chi connectivity index (χ2v) is 5.67. The lowest BCUT2D eigenvalue weighted by Gasteiger charge is -2.09. The van der Waals surface area contributed by atoms with E-state index in [0.29, 0.717) is 5.02 Å². The molecule has 0 fully saturated rings. The summed E-state index contributed by atoms with van der Waals surface area (Å²) in [6.07, 6.45) is 0. The van der Waals surface area contributed by atoms with Crippen molar-refractivity contribution in [2.24, 2.45) is 0 Å². The van der Waals surface area contributed by atoms with Crippen molar-refractivity contribution in [2.75, 3.05) is 13.7 Å². The van der Waals surface area contributed by atoms with Crippen molar-refractivity contribution in [3.8, 4) is 5.75 Å². The number of nitro groups is 1. The monoisotopic (exact) mass is 407 g/mol. The Labute approximate surface area is 163 Å². The number of carbonyl (C=O) groups is 3. The zero-order valence-electron chi connectivity index (χ0n) is 14.4. The lowest BCUT2D eigenvalue weighted by Crippen LogP contribution is -2.43. The first-order valence-corrected chi connectivity index (χ1v) is 8.04. The summed E-state index contributed by atoms with van der Waals surface area (Å²) in [4.78, 5) is 45.8. The number of nitro benzene ring substituents is 1. The largest absolute Gasteiger partial charge is 0.490 e. The normalized spacial score (nSPS) is 9.93. The molecule has 11 heteroatoms. The molecule has 0 unspecified atom stereocenters. The fourth-order valence-electron chi connectivity index (χ4n) is 2.04. The third-order valence-corrected chi connectivity index (χ3v) is 3.58. The van der Waals surface area contributed by atoms with Crippen LogP contribution in [0.25, 0.3) is 0 Å². The van der Waals surface area contributed by atoms with Gasteiger partial charge in [0.05, 0.1) is 17.6 Å². The van der Waals surface area contributed by atoms with Gasteiger partial charge in [0.2, 0.25) is 0 Å². The molecule has 0 aliphatic carbocycles. The van der Waals surface area contributed by atoms with Crippen LogP contribution in [0, 0.1) is 10.1 Å². The van der Waals surface area contributed by atoms with Crippen LogP contribution in [-0.2, 0) is 9.53 Å². The second-order valence-electron chi connectivity index (χ2n) is 5.23. The molecular formula is C17H14ClN3O7. The van der Waals surface area contributed by atoms with Crippen LogP contribution < -0.4 is 15.6 Å². The van der Waals surface area contributed by atoms with E-state index < -0.39 is 35.0 Å². The Bertz CT molecular complexity index is 933. The van der Waals surface area contributed by atoms with Gasteiger partial charge in [-0.2, -0.15) is 0 Å². The van der Waals surface area contributed by atoms with E-state index in [0.717, 1.165) is 6.07 Å². The molecule has 0 heterocycles. The smallest absolute Gasteiger partial charge is 0.338 e. The van der Waals surface area contributed by atoms with Gasteiger partial charge >= 0.3 is 11.7 Å². The average molecular weight is 408 g/mol. The van der Waals surface area contributed by atoms with Gasteiger partial charge in [-0.25, -0.2) is 4.79 Å². The first kappa shape index (κ1) is 20.6. The van der Waals surface area contributed by atoms with Crippen molar-refractivity contribution in [1.82, 2.24) is 10.9 Å². The molecular weight excluding hydrogens is 394 g/mol. The number of amides is 2. The molecule has 0 aliphatic heterocycles. The third-order valence-electron chi connectivity index (χ3n) is 3.35. The Kier molecular flexibility index (Phi) is 6.88. The molecule has 2 aromatic rings. The van der Waals surface area contributed by atoms with E-state index in [1.54, 1.807) is 12.1 Å². The van der Waals surface area contributed by atoms with Gasteiger partial charge in [-0.05, 0) is 30.3 Å². The SMILES string of the molecule is COc1ccc(C(=O)OCC(=O)NNC(=O)c2cccc(Cl)c2)cc1[N+](=O)[O-]. The zero-order chi connectivity index (χ0) is 20.7. The summed E-state index contributed by atoms with van der Waals surface area (Å²) in [6.45, 7) is -0.714. The first-order valence-electron chi connectivity index (χ1n) is 7.66. The van der Waals surface area contributed by atoms with Crippen molar-refractivity contribution in [3.05, 3.63) is 68.7 Å². The molecule has 10 nitrogen and oxygen atoms in total. The van der Waals surface area contributed by atoms with E-state index in [2.05, 4.69) is 10.9 Å². The summed E-state index contributed by atoms with van der Waals surface area (Å²) in [7, 11) is 1.25. The first-order chi connectivity index (χ1) is 13.3. The lowest BCUT2D eigenvalue weighted by molar-refractivity contribution is -0.385. The molecule has 0 radical (unpaired) electrons. The zero-order valence-corrected chi connectivity index (χ0v) is 15.2. The topological polar surface area (TPSA) is 137 Å². The van der Waals surface area contributed by atoms with Crippen LogP contribution >= 0.6 is 11.6 Å². The standard InChI is InChI=1S/C17H14ClN3O7/c1-27-14-6-5-11(8-13(14)21(25)26)17(24)28-9-15(22)19-20-16(23)10-3-2-4-12(18)7-10/h2-8H,9H2,1H3,(H,19,22)(H,20,23). The molecule has 2 N–H and O–H groups in total. The average Bonchev–Trinajstić information content (AvgIpc) is 2.69. The Balaban J connectivity index is 1.88. The number of nitrogens with one attached hydrogen (secondary N) is 2.